The summed E-state index contributed by atoms with van der Waals surface area (Å²) in [6.07, 6.45) is 0.806. The minimum atomic E-state index is -0.0706. The van der Waals surface area contributed by atoms with Crippen molar-refractivity contribution in [2.45, 2.75) is 19.3 Å². The topological polar surface area (TPSA) is 23.8 Å². The third-order valence-electron chi connectivity index (χ3n) is 1.84. The molecule has 0 saturated heterocycles. The van der Waals surface area contributed by atoms with Crippen molar-refractivity contribution in [2.75, 3.05) is 0 Å². The highest BCUT2D eigenvalue weighted by molar-refractivity contribution is 6.31. The Morgan fingerprint density at radius 3 is 2.67 bits per heavy atom. The van der Waals surface area contributed by atoms with E-state index in [1.807, 2.05) is 31.2 Å². The van der Waals surface area contributed by atoms with Crippen LogP contribution in [0.2, 0.25) is 5.02 Å². The Hall–Kier alpha value is -1.00. The fourth-order valence-corrected chi connectivity index (χ4v) is 1.41. The van der Waals surface area contributed by atoms with Crippen molar-refractivity contribution in [3.05, 3.63) is 34.9 Å². The second-order valence-corrected chi connectivity index (χ2v) is 3.02. The van der Waals surface area contributed by atoms with Gasteiger partial charge in [-0.1, -0.05) is 36.7 Å². The predicted octanol–water partition coefficient (Wildman–Crippen LogP) is 3.36. The van der Waals surface area contributed by atoms with Crippen LogP contribution in [0.25, 0.3) is 0 Å². The van der Waals surface area contributed by atoms with Gasteiger partial charge in [-0.25, -0.2) is 0 Å². The Labute approximate surface area is 77.6 Å². The van der Waals surface area contributed by atoms with E-state index in [-0.39, 0.29) is 5.92 Å². The Bertz CT molecular complexity index is 301. The van der Waals surface area contributed by atoms with Crippen LogP contribution in [0.1, 0.15) is 24.8 Å². The van der Waals surface area contributed by atoms with Crippen molar-refractivity contribution < 1.29 is 0 Å². The molecule has 1 unspecified atom stereocenters. The lowest BCUT2D eigenvalue weighted by Crippen LogP contribution is -1.93. The first-order valence-electron chi connectivity index (χ1n) is 3.93. The molecule has 0 aromatic heterocycles. The monoisotopic (exact) mass is 179 g/mol. The summed E-state index contributed by atoms with van der Waals surface area (Å²) in [5.74, 6) is -0.0706. The number of nitrogens with zero attached hydrogens (tertiary/aromatic N) is 1. The Morgan fingerprint density at radius 2 is 2.17 bits per heavy atom. The van der Waals surface area contributed by atoms with E-state index in [2.05, 4.69) is 6.07 Å². The second kappa shape index (κ2) is 4.13. The third kappa shape index (κ3) is 1.78. The lowest BCUT2D eigenvalue weighted by molar-refractivity contribution is 0.818. The van der Waals surface area contributed by atoms with Gasteiger partial charge >= 0.3 is 0 Å². The molecule has 1 aromatic carbocycles. The van der Waals surface area contributed by atoms with Crippen LogP contribution in [-0.2, 0) is 0 Å². The van der Waals surface area contributed by atoms with Crippen molar-refractivity contribution in [2.24, 2.45) is 0 Å². The summed E-state index contributed by atoms with van der Waals surface area (Å²) in [6, 6.07) is 9.72. The van der Waals surface area contributed by atoms with Gasteiger partial charge in [0.1, 0.15) is 0 Å². The molecule has 1 aromatic rings. The molecule has 1 atom stereocenters. The molecule has 0 aliphatic heterocycles. The van der Waals surface area contributed by atoms with Crippen LogP contribution in [0.4, 0.5) is 0 Å². The van der Waals surface area contributed by atoms with Gasteiger partial charge in [0.05, 0.1) is 12.0 Å². The number of benzene rings is 1. The highest BCUT2D eigenvalue weighted by Gasteiger charge is 2.10. The Balaban J connectivity index is 3.02. The van der Waals surface area contributed by atoms with Gasteiger partial charge in [0, 0.05) is 5.02 Å². The number of rotatable bonds is 2. The average Bonchev–Trinajstić information content (AvgIpc) is 2.10. The summed E-state index contributed by atoms with van der Waals surface area (Å²) in [4.78, 5) is 0. The van der Waals surface area contributed by atoms with Gasteiger partial charge in [-0.15, -0.1) is 0 Å². The van der Waals surface area contributed by atoms with Crippen LogP contribution >= 0.6 is 11.6 Å². The molecule has 0 aliphatic carbocycles. The van der Waals surface area contributed by atoms with Crippen LogP contribution in [0.15, 0.2) is 24.3 Å². The summed E-state index contributed by atoms with van der Waals surface area (Å²) >= 11 is 5.93. The van der Waals surface area contributed by atoms with Gasteiger partial charge in [-0.3, -0.25) is 0 Å². The zero-order valence-corrected chi connectivity index (χ0v) is 7.67. The normalized spacial score (nSPS) is 12.1. The minimum absolute atomic E-state index is 0.0706. The summed E-state index contributed by atoms with van der Waals surface area (Å²) in [5.41, 5.74) is 0.934. The molecule has 1 nitrogen and oxygen atoms in total. The smallest absolute Gasteiger partial charge is 0.0724 e. The zero-order chi connectivity index (χ0) is 8.97. The SMILES string of the molecule is CCC(C#N)c1ccccc1Cl. The van der Waals surface area contributed by atoms with Gasteiger partial charge in [-0.05, 0) is 18.1 Å². The maximum atomic E-state index is 8.80. The molecule has 0 bridgehead atoms. The zero-order valence-electron chi connectivity index (χ0n) is 6.92. The largest absolute Gasteiger partial charge is 0.198 e. The maximum absolute atomic E-state index is 8.80. The highest BCUT2D eigenvalue weighted by atomic mass is 35.5. The molecule has 0 heterocycles. The first-order chi connectivity index (χ1) is 5.79. The molecule has 12 heavy (non-hydrogen) atoms. The van der Waals surface area contributed by atoms with E-state index in [1.54, 1.807) is 0 Å². The average molecular weight is 180 g/mol. The lowest BCUT2D eigenvalue weighted by Gasteiger charge is -2.07. The van der Waals surface area contributed by atoms with Crippen LogP contribution in [0.5, 0.6) is 0 Å². The molecular weight excluding hydrogens is 170 g/mol. The third-order valence-corrected chi connectivity index (χ3v) is 2.19. The van der Waals surface area contributed by atoms with E-state index in [0.717, 1.165) is 12.0 Å². The Morgan fingerprint density at radius 1 is 1.50 bits per heavy atom. The number of hydrogen-bond acceptors (Lipinski definition) is 1. The molecular formula is C10H10ClN. The molecule has 0 spiro atoms. The standard InChI is InChI=1S/C10H10ClN/c1-2-8(7-12)9-5-3-4-6-10(9)11/h3-6,8H,2H2,1H3. The van der Waals surface area contributed by atoms with Gasteiger partial charge in [0.15, 0.2) is 0 Å². The molecule has 0 amide bonds. The first kappa shape index (κ1) is 9.09. The highest BCUT2D eigenvalue weighted by Crippen LogP contribution is 2.25. The fourth-order valence-electron chi connectivity index (χ4n) is 1.14. The predicted molar refractivity (Wildman–Crippen MR) is 50.1 cm³/mol. The van der Waals surface area contributed by atoms with Crippen LogP contribution in [0, 0.1) is 11.3 Å². The van der Waals surface area contributed by atoms with E-state index in [1.165, 1.54) is 0 Å². The van der Waals surface area contributed by atoms with Gasteiger partial charge < -0.3 is 0 Å². The summed E-state index contributed by atoms with van der Waals surface area (Å²) in [5, 5.41) is 9.48. The van der Waals surface area contributed by atoms with Gasteiger partial charge in [-0.2, -0.15) is 5.26 Å². The lowest BCUT2D eigenvalue weighted by atomic mass is 9.98. The first-order valence-corrected chi connectivity index (χ1v) is 4.31. The van der Waals surface area contributed by atoms with E-state index in [0.29, 0.717) is 5.02 Å². The van der Waals surface area contributed by atoms with Crippen LogP contribution in [0.3, 0.4) is 0 Å². The van der Waals surface area contributed by atoms with E-state index in [9.17, 15) is 0 Å². The van der Waals surface area contributed by atoms with Gasteiger partial charge in [0.2, 0.25) is 0 Å². The van der Waals surface area contributed by atoms with E-state index >= 15 is 0 Å². The summed E-state index contributed by atoms with van der Waals surface area (Å²) in [7, 11) is 0. The van der Waals surface area contributed by atoms with Gasteiger partial charge in [0.25, 0.3) is 0 Å². The maximum Gasteiger partial charge on any atom is 0.0724 e. The molecule has 0 N–H and O–H groups in total. The number of halogens is 1. The van der Waals surface area contributed by atoms with Crippen LogP contribution < -0.4 is 0 Å². The molecule has 0 fully saturated rings. The molecule has 0 aliphatic rings. The quantitative estimate of drug-likeness (QED) is 0.683. The van der Waals surface area contributed by atoms with Crippen LogP contribution in [-0.4, -0.2) is 0 Å². The van der Waals surface area contributed by atoms with Crippen molar-refractivity contribution in [1.29, 1.82) is 5.26 Å². The van der Waals surface area contributed by atoms with E-state index in [4.69, 9.17) is 16.9 Å². The fraction of sp³-hybridized carbons (Fsp3) is 0.300. The number of hydrogen-bond donors (Lipinski definition) is 0. The molecule has 1 rings (SSSR count). The second-order valence-electron chi connectivity index (χ2n) is 2.61. The van der Waals surface area contributed by atoms with Crippen molar-refractivity contribution in [3.63, 3.8) is 0 Å². The summed E-state index contributed by atoms with van der Waals surface area (Å²) < 4.78 is 0. The molecule has 0 radical (unpaired) electrons. The molecule has 2 heteroatoms. The molecule has 62 valence electrons. The summed E-state index contributed by atoms with van der Waals surface area (Å²) in [6.45, 7) is 1.98. The van der Waals surface area contributed by atoms with Crippen molar-refractivity contribution >= 4 is 11.6 Å². The van der Waals surface area contributed by atoms with Crippen molar-refractivity contribution in [1.82, 2.24) is 0 Å². The Kier molecular flexibility index (Phi) is 3.13. The van der Waals surface area contributed by atoms with E-state index < -0.39 is 0 Å². The minimum Gasteiger partial charge on any atom is -0.198 e. The van der Waals surface area contributed by atoms with Crippen molar-refractivity contribution in [3.8, 4) is 6.07 Å². The number of nitriles is 1. The molecule has 0 saturated carbocycles.